The van der Waals surface area contributed by atoms with E-state index in [0.717, 1.165) is 5.56 Å². The molecular weight excluding hydrogens is 268 g/mol. The molecule has 1 atom stereocenters. The molecule has 0 saturated heterocycles. The van der Waals surface area contributed by atoms with Crippen LogP contribution in [0.1, 0.15) is 24.1 Å². The lowest BCUT2D eigenvalue weighted by Gasteiger charge is -2.15. The Morgan fingerprint density at radius 1 is 1.16 bits per heavy atom. The first-order valence-corrected chi connectivity index (χ1v) is 6.37. The van der Waals surface area contributed by atoms with E-state index >= 15 is 0 Å². The maximum absolute atomic E-state index is 13.7. The normalized spacial score (nSPS) is 12.4. The fraction of sp³-hybridized carbons (Fsp3) is 0.200. The zero-order chi connectivity index (χ0) is 13.8. The van der Waals surface area contributed by atoms with Gasteiger partial charge in [-0.2, -0.15) is 0 Å². The summed E-state index contributed by atoms with van der Waals surface area (Å²) in [6.07, 6.45) is 0. The highest BCUT2D eigenvalue weighted by Gasteiger charge is 2.09. The van der Waals surface area contributed by atoms with Crippen LogP contribution in [-0.2, 0) is 6.54 Å². The summed E-state index contributed by atoms with van der Waals surface area (Å²) in [7, 11) is 0. The Labute approximate surface area is 116 Å². The van der Waals surface area contributed by atoms with Crippen molar-refractivity contribution in [3.05, 3.63) is 70.2 Å². The van der Waals surface area contributed by atoms with Crippen molar-refractivity contribution in [2.24, 2.45) is 0 Å². The molecule has 100 valence electrons. The molecule has 19 heavy (non-hydrogen) atoms. The van der Waals surface area contributed by atoms with Crippen LogP contribution in [0.3, 0.4) is 0 Å². The first-order chi connectivity index (χ1) is 9.08. The number of rotatable bonds is 4. The van der Waals surface area contributed by atoms with Crippen molar-refractivity contribution < 1.29 is 8.78 Å². The van der Waals surface area contributed by atoms with Gasteiger partial charge in [0.1, 0.15) is 11.6 Å². The Kier molecular flexibility index (Phi) is 4.51. The summed E-state index contributed by atoms with van der Waals surface area (Å²) in [5, 5.41) is 3.25. The van der Waals surface area contributed by atoms with E-state index in [1.165, 1.54) is 18.2 Å². The van der Waals surface area contributed by atoms with Crippen molar-refractivity contribution >= 4 is 11.6 Å². The van der Waals surface area contributed by atoms with Gasteiger partial charge in [0.15, 0.2) is 0 Å². The zero-order valence-corrected chi connectivity index (χ0v) is 11.2. The maximum atomic E-state index is 13.7. The standard InChI is InChI=1S/C15H14ClF2N/c1-10(11-4-2-6-13(17)8-11)19-9-12-5-3-7-14(16)15(12)18/h2-8,10,19H,9H2,1H3. The number of benzene rings is 2. The summed E-state index contributed by atoms with van der Waals surface area (Å²) in [5.74, 6) is -0.691. The lowest BCUT2D eigenvalue weighted by atomic mass is 10.1. The highest BCUT2D eigenvalue weighted by Crippen LogP contribution is 2.19. The molecule has 2 aromatic carbocycles. The minimum absolute atomic E-state index is 0.0749. The molecule has 2 aromatic rings. The molecule has 0 bridgehead atoms. The zero-order valence-electron chi connectivity index (χ0n) is 10.5. The van der Waals surface area contributed by atoms with Gasteiger partial charge in [-0.25, -0.2) is 8.78 Å². The van der Waals surface area contributed by atoms with Gasteiger partial charge in [-0.3, -0.25) is 0 Å². The van der Waals surface area contributed by atoms with Gasteiger partial charge in [0.25, 0.3) is 0 Å². The van der Waals surface area contributed by atoms with Crippen molar-refractivity contribution in [3.8, 4) is 0 Å². The summed E-state index contributed by atoms with van der Waals surface area (Å²) in [6.45, 7) is 2.24. The molecule has 2 rings (SSSR count). The Morgan fingerprint density at radius 2 is 1.89 bits per heavy atom. The molecule has 0 fully saturated rings. The molecule has 1 N–H and O–H groups in total. The van der Waals surface area contributed by atoms with Gasteiger partial charge in [-0.15, -0.1) is 0 Å². The third-order valence-corrected chi connectivity index (χ3v) is 3.27. The quantitative estimate of drug-likeness (QED) is 0.872. The van der Waals surface area contributed by atoms with Crippen LogP contribution < -0.4 is 5.32 Å². The Morgan fingerprint density at radius 3 is 2.63 bits per heavy atom. The van der Waals surface area contributed by atoms with Gasteiger partial charge < -0.3 is 5.32 Å². The minimum Gasteiger partial charge on any atom is -0.306 e. The van der Waals surface area contributed by atoms with E-state index in [1.54, 1.807) is 18.2 Å². The molecule has 0 aliphatic carbocycles. The first-order valence-electron chi connectivity index (χ1n) is 5.99. The van der Waals surface area contributed by atoms with E-state index in [1.807, 2.05) is 13.0 Å². The van der Waals surface area contributed by atoms with E-state index in [4.69, 9.17) is 11.6 Å². The molecule has 1 nitrogen and oxygen atoms in total. The molecule has 4 heteroatoms. The summed E-state index contributed by atoms with van der Waals surface area (Å²) in [4.78, 5) is 0. The molecule has 0 saturated carbocycles. The summed E-state index contributed by atoms with van der Waals surface area (Å²) < 4.78 is 26.8. The molecule has 0 amide bonds. The highest BCUT2D eigenvalue weighted by atomic mass is 35.5. The fourth-order valence-corrected chi connectivity index (χ4v) is 2.04. The van der Waals surface area contributed by atoms with Crippen LogP contribution >= 0.6 is 11.6 Å². The third kappa shape index (κ3) is 3.52. The van der Waals surface area contributed by atoms with Crippen LogP contribution in [0.5, 0.6) is 0 Å². The average Bonchev–Trinajstić information content (AvgIpc) is 2.40. The van der Waals surface area contributed by atoms with Gasteiger partial charge in [0.2, 0.25) is 0 Å². The first kappa shape index (κ1) is 14.0. The smallest absolute Gasteiger partial charge is 0.146 e. The molecule has 0 aliphatic rings. The van der Waals surface area contributed by atoms with Gasteiger partial charge in [0.05, 0.1) is 5.02 Å². The molecule has 0 spiro atoms. The van der Waals surface area contributed by atoms with Crippen molar-refractivity contribution in [1.29, 1.82) is 0 Å². The van der Waals surface area contributed by atoms with Crippen LogP contribution in [0, 0.1) is 11.6 Å². The molecule has 1 unspecified atom stereocenters. The van der Waals surface area contributed by atoms with E-state index in [0.29, 0.717) is 12.1 Å². The van der Waals surface area contributed by atoms with Crippen LogP contribution in [0.25, 0.3) is 0 Å². The third-order valence-electron chi connectivity index (χ3n) is 2.98. The monoisotopic (exact) mass is 281 g/mol. The predicted molar refractivity (Wildman–Crippen MR) is 73.1 cm³/mol. The molecular formula is C15H14ClF2N. The van der Waals surface area contributed by atoms with Crippen molar-refractivity contribution in [1.82, 2.24) is 5.32 Å². The van der Waals surface area contributed by atoms with Crippen LogP contribution in [0.4, 0.5) is 8.78 Å². The molecule has 0 aliphatic heterocycles. The van der Waals surface area contributed by atoms with E-state index in [-0.39, 0.29) is 16.9 Å². The predicted octanol–water partition coefficient (Wildman–Crippen LogP) is 4.47. The van der Waals surface area contributed by atoms with E-state index < -0.39 is 5.82 Å². The van der Waals surface area contributed by atoms with Gasteiger partial charge in [-0.05, 0) is 30.7 Å². The second kappa shape index (κ2) is 6.13. The van der Waals surface area contributed by atoms with Gasteiger partial charge in [0, 0.05) is 18.2 Å². The van der Waals surface area contributed by atoms with Crippen LogP contribution in [0.15, 0.2) is 42.5 Å². The SMILES string of the molecule is CC(NCc1cccc(Cl)c1F)c1cccc(F)c1. The lowest BCUT2D eigenvalue weighted by Crippen LogP contribution is -2.19. The number of hydrogen-bond acceptors (Lipinski definition) is 1. The fourth-order valence-electron chi connectivity index (χ4n) is 1.84. The van der Waals surface area contributed by atoms with Crippen LogP contribution in [-0.4, -0.2) is 0 Å². The minimum atomic E-state index is -0.414. The van der Waals surface area contributed by atoms with E-state index in [9.17, 15) is 8.78 Å². The van der Waals surface area contributed by atoms with Gasteiger partial charge >= 0.3 is 0 Å². The number of hydrogen-bond donors (Lipinski definition) is 1. The Bertz CT molecular complexity index is 572. The number of nitrogens with one attached hydrogen (secondary N) is 1. The number of halogens is 3. The van der Waals surface area contributed by atoms with E-state index in [2.05, 4.69) is 5.32 Å². The van der Waals surface area contributed by atoms with Gasteiger partial charge in [-0.1, -0.05) is 35.9 Å². The second-order valence-electron chi connectivity index (χ2n) is 4.37. The topological polar surface area (TPSA) is 12.0 Å². The lowest BCUT2D eigenvalue weighted by molar-refractivity contribution is 0.540. The van der Waals surface area contributed by atoms with Crippen molar-refractivity contribution in [2.75, 3.05) is 0 Å². The Hall–Kier alpha value is -1.45. The molecule has 0 radical (unpaired) electrons. The summed E-state index contributed by atoms with van der Waals surface area (Å²) in [5.41, 5.74) is 1.32. The largest absolute Gasteiger partial charge is 0.306 e. The van der Waals surface area contributed by atoms with Crippen molar-refractivity contribution in [2.45, 2.75) is 19.5 Å². The molecule has 0 aromatic heterocycles. The summed E-state index contributed by atoms with van der Waals surface area (Å²) >= 11 is 5.71. The Balaban J connectivity index is 2.04. The summed E-state index contributed by atoms with van der Waals surface area (Å²) in [6, 6.07) is 11.2. The van der Waals surface area contributed by atoms with Crippen molar-refractivity contribution in [3.63, 3.8) is 0 Å². The van der Waals surface area contributed by atoms with Crippen LogP contribution in [0.2, 0.25) is 5.02 Å². The second-order valence-corrected chi connectivity index (χ2v) is 4.78. The maximum Gasteiger partial charge on any atom is 0.146 e. The average molecular weight is 282 g/mol. The highest BCUT2D eigenvalue weighted by molar-refractivity contribution is 6.30. The molecule has 0 heterocycles.